The summed E-state index contributed by atoms with van der Waals surface area (Å²) in [5.41, 5.74) is 1.04. The van der Waals surface area contributed by atoms with Crippen molar-refractivity contribution >= 4 is 27.7 Å². The van der Waals surface area contributed by atoms with Crippen molar-refractivity contribution in [2.24, 2.45) is 4.40 Å². The number of hydrogen-bond donors (Lipinski definition) is 0. The summed E-state index contributed by atoms with van der Waals surface area (Å²) in [6.45, 7) is 0. The molecule has 4 nitrogen and oxygen atoms in total. The van der Waals surface area contributed by atoms with Crippen LogP contribution >= 0.6 is 11.6 Å². The number of carbonyl (C=O) groups excluding carboxylic acids is 1. The van der Waals surface area contributed by atoms with Crippen molar-refractivity contribution in [3.63, 3.8) is 0 Å². The summed E-state index contributed by atoms with van der Waals surface area (Å²) in [6, 6.07) is 0. The first-order valence-corrected chi connectivity index (χ1v) is 4.24. The average Bonchev–Trinajstić information content (AvgIpc) is 1.84. The molecule has 0 bridgehead atoms. The van der Waals surface area contributed by atoms with Gasteiger partial charge in [-0.3, -0.25) is 0 Å². The second-order valence-corrected chi connectivity index (χ2v) is 3.22. The van der Waals surface area contributed by atoms with Gasteiger partial charge < -0.3 is 0 Å². The zero-order chi connectivity index (χ0) is 8.04. The molecule has 0 aliphatic rings. The summed E-state index contributed by atoms with van der Waals surface area (Å²) in [5.74, 6) is -0.369. The number of isocyanates is 1. The first kappa shape index (κ1) is 9.36. The van der Waals surface area contributed by atoms with Crippen LogP contribution in [-0.4, -0.2) is 20.3 Å². The van der Waals surface area contributed by atoms with E-state index in [2.05, 4.69) is 4.40 Å². The van der Waals surface area contributed by atoms with Gasteiger partial charge in [-0.15, -0.1) is 0 Å². The minimum atomic E-state index is -3.66. The van der Waals surface area contributed by atoms with E-state index < -0.39 is 10.0 Å². The second kappa shape index (κ2) is 4.22. The molecule has 0 aliphatic heterocycles. The molecule has 56 valence electrons. The van der Waals surface area contributed by atoms with Crippen LogP contribution in [0.15, 0.2) is 16.0 Å². The Morgan fingerprint density at radius 2 is 2.20 bits per heavy atom. The van der Waals surface area contributed by atoms with E-state index in [9.17, 15) is 13.2 Å². The standard InChI is InChI=1S/C4H4ClNO3S/c5-2-1-3-10(8,9)6-4-7/h1-2H,3H2. The average molecular weight is 182 g/mol. The molecule has 0 rings (SSSR count). The quantitative estimate of drug-likeness (QED) is 0.468. The van der Waals surface area contributed by atoms with Crippen LogP contribution in [0.1, 0.15) is 0 Å². The van der Waals surface area contributed by atoms with Crippen LogP contribution in [0.3, 0.4) is 0 Å². The highest BCUT2D eigenvalue weighted by Crippen LogP contribution is 1.91. The van der Waals surface area contributed by atoms with E-state index in [4.69, 9.17) is 11.6 Å². The van der Waals surface area contributed by atoms with Gasteiger partial charge in [-0.05, 0) is 0 Å². The monoisotopic (exact) mass is 181 g/mol. The van der Waals surface area contributed by atoms with Crippen molar-refractivity contribution < 1.29 is 13.2 Å². The first-order chi connectivity index (χ1) is 4.62. The molecule has 6 heteroatoms. The van der Waals surface area contributed by atoms with Gasteiger partial charge in [0.2, 0.25) is 0 Å². The fourth-order valence-corrected chi connectivity index (χ4v) is 0.974. The second-order valence-electron chi connectivity index (χ2n) is 1.29. The van der Waals surface area contributed by atoms with Crippen LogP contribution in [0.25, 0.3) is 0 Å². The Hall–Kier alpha value is -0.640. The smallest absolute Gasteiger partial charge is 0.210 e. The summed E-state index contributed by atoms with van der Waals surface area (Å²) in [5, 5.41) is 0. The first-order valence-electron chi connectivity index (χ1n) is 2.19. The highest BCUT2D eigenvalue weighted by molar-refractivity contribution is 7.90. The predicted octanol–water partition coefficient (Wildman–Crippen LogP) is 0.405. The van der Waals surface area contributed by atoms with Crippen molar-refractivity contribution in [2.75, 3.05) is 5.75 Å². The molecular formula is C4H4ClNO3S. The Labute approximate surface area is 63.3 Å². The Morgan fingerprint density at radius 3 is 2.60 bits per heavy atom. The number of sulfonamides is 1. The van der Waals surface area contributed by atoms with E-state index in [1.54, 1.807) is 0 Å². The van der Waals surface area contributed by atoms with Crippen molar-refractivity contribution in [3.8, 4) is 0 Å². The Balaban J connectivity index is 4.30. The summed E-state index contributed by atoms with van der Waals surface area (Å²) in [7, 11) is -3.66. The van der Waals surface area contributed by atoms with Crippen molar-refractivity contribution in [1.82, 2.24) is 0 Å². The molecule has 0 aromatic carbocycles. The number of nitrogens with zero attached hydrogens (tertiary/aromatic N) is 1. The fourth-order valence-electron chi connectivity index (χ4n) is 0.252. The van der Waals surface area contributed by atoms with Gasteiger partial charge >= 0.3 is 0 Å². The van der Waals surface area contributed by atoms with E-state index in [-0.39, 0.29) is 5.75 Å². The topological polar surface area (TPSA) is 63.6 Å². The lowest BCUT2D eigenvalue weighted by Gasteiger charge is -1.84. The minimum Gasteiger partial charge on any atom is -0.210 e. The van der Waals surface area contributed by atoms with Crippen molar-refractivity contribution in [3.05, 3.63) is 11.6 Å². The third-order valence-electron chi connectivity index (χ3n) is 0.572. The van der Waals surface area contributed by atoms with Crippen LogP contribution in [-0.2, 0) is 14.8 Å². The zero-order valence-corrected chi connectivity index (χ0v) is 6.39. The van der Waals surface area contributed by atoms with Gasteiger partial charge in [-0.2, -0.15) is 0 Å². The van der Waals surface area contributed by atoms with Gasteiger partial charge in [-0.25, -0.2) is 13.2 Å². The summed E-state index contributed by atoms with van der Waals surface area (Å²) >= 11 is 5.02. The van der Waals surface area contributed by atoms with Crippen LogP contribution in [0, 0.1) is 0 Å². The van der Waals surface area contributed by atoms with Crippen molar-refractivity contribution in [2.45, 2.75) is 0 Å². The lowest BCUT2D eigenvalue weighted by atomic mass is 10.8. The van der Waals surface area contributed by atoms with E-state index in [0.29, 0.717) is 0 Å². The molecule has 10 heavy (non-hydrogen) atoms. The number of halogens is 1. The predicted molar refractivity (Wildman–Crippen MR) is 36.9 cm³/mol. The van der Waals surface area contributed by atoms with Crippen LogP contribution in [0.5, 0.6) is 0 Å². The third-order valence-corrected chi connectivity index (χ3v) is 1.72. The summed E-state index contributed by atoms with van der Waals surface area (Å²) in [4.78, 5) is 9.46. The Kier molecular flexibility index (Phi) is 3.95. The van der Waals surface area contributed by atoms with Gasteiger partial charge in [-0.1, -0.05) is 22.1 Å². The van der Waals surface area contributed by atoms with E-state index in [1.165, 1.54) is 0 Å². The maximum atomic E-state index is 10.5. The van der Waals surface area contributed by atoms with E-state index in [0.717, 1.165) is 17.7 Å². The van der Waals surface area contributed by atoms with Crippen molar-refractivity contribution in [1.29, 1.82) is 0 Å². The largest absolute Gasteiger partial charge is 0.267 e. The molecule has 0 fully saturated rings. The number of rotatable bonds is 3. The van der Waals surface area contributed by atoms with Crippen LogP contribution in [0.2, 0.25) is 0 Å². The molecule has 0 spiro atoms. The number of hydrogen-bond acceptors (Lipinski definition) is 3. The summed E-state index contributed by atoms with van der Waals surface area (Å²) < 4.78 is 23.5. The molecule has 0 heterocycles. The van der Waals surface area contributed by atoms with E-state index in [1.807, 2.05) is 0 Å². The van der Waals surface area contributed by atoms with E-state index >= 15 is 0 Å². The summed E-state index contributed by atoms with van der Waals surface area (Å²) in [6.07, 6.45) is 2.09. The molecule has 0 aromatic rings. The Morgan fingerprint density at radius 1 is 1.60 bits per heavy atom. The van der Waals surface area contributed by atoms with Gasteiger partial charge in [0.25, 0.3) is 16.1 Å². The molecule has 0 aromatic heterocycles. The molecule has 0 N–H and O–H groups in total. The Bertz CT molecular complexity index is 262. The highest BCUT2D eigenvalue weighted by Gasteiger charge is 2.02. The lowest BCUT2D eigenvalue weighted by Crippen LogP contribution is -1.97. The lowest BCUT2D eigenvalue weighted by molar-refractivity contribution is 0.564. The molecule has 0 saturated carbocycles. The normalized spacial score (nSPS) is 11.3. The molecule has 0 radical (unpaired) electrons. The van der Waals surface area contributed by atoms with Crippen LogP contribution in [0.4, 0.5) is 0 Å². The molecule has 0 atom stereocenters. The van der Waals surface area contributed by atoms with Crippen LogP contribution < -0.4 is 0 Å². The maximum Gasteiger partial charge on any atom is 0.267 e. The SMILES string of the molecule is O=C=NS(=O)(=O)CC=CCl. The zero-order valence-electron chi connectivity index (χ0n) is 4.82. The van der Waals surface area contributed by atoms with Gasteiger partial charge in [0.1, 0.15) is 0 Å². The maximum absolute atomic E-state index is 10.5. The third kappa shape index (κ3) is 4.26. The fraction of sp³-hybridized carbons (Fsp3) is 0.250. The molecule has 0 aliphatic carbocycles. The van der Waals surface area contributed by atoms with Gasteiger partial charge in [0.15, 0.2) is 0 Å². The molecular weight excluding hydrogens is 178 g/mol. The minimum absolute atomic E-state index is 0.369. The molecule has 0 amide bonds. The molecule has 0 saturated heterocycles. The van der Waals surface area contributed by atoms with Gasteiger partial charge in [0, 0.05) is 5.54 Å². The van der Waals surface area contributed by atoms with Gasteiger partial charge in [0.05, 0.1) is 5.75 Å². The molecule has 0 unspecified atom stereocenters. The highest BCUT2D eigenvalue weighted by atomic mass is 35.5.